The minimum Gasteiger partial charge on any atom is -0.360 e. The van der Waals surface area contributed by atoms with Crippen molar-refractivity contribution in [2.75, 3.05) is 0 Å². The molecule has 0 fully saturated rings. The molecule has 34 heavy (non-hydrogen) atoms. The number of H-pyrrole nitrogens is 3. The molecule has 5 rings (SSSR count). The summed E-state index contributed by atoms with van der Waals surface area (Å²) in [5.41, 5.74) is 1.91. The average Bonchev–Trinajstić information content (AvgIpc) is 3.60. The van der Waals surface area contributed by atoms with E-state index in [4.69, 9.17) is 0 Å². The summed E-state index contributed by atoms with van der Waals surface area (Å²) in [7, 11) is 0. The Bertz CT molecular complexity index is 1490. The van der Waals surface area contributed by atoms with Crippen molar-refractivity contribution in [3.8, 4) is 11.4 Å². The number of aromatic amines is 3. The lowest BCUT2D eigenvalue weighted by molar-refractivity contribution is -0.385. The molecule has 0 bridgehead atoms. The number of fused-ring (bicyclic) bond motifs is 1. The maximum Gasteiger partial charge on any atom is 0.270 e. The number of carbonyl (C=O) groups is 1. The number of hydrogen-bond donors (Lipinski definition) is 3. The van der Waals surface area contributed by atoms with Crippen LogP contribution >= 0.6 is 0 Å². The third-order valence-electron chi connectivity index (χ3n) is 4.86. The third-order valence-corrected chi connectivity index (χ3v) is 4.86. The highest BCUT2D eigenvalue weighted by Gasteiger charge is 2.18. The lowest BCUT2D eigenvalue weighted by atomic mass is 10.1. The highest BCUT2D eigenvalue weighted by molar-refractivity contribution is 6.08. The summed E-state index contributed by atoms with van der Waals surface area (Å²) in [5, 5.41) is 29.0. The second kappa shape index (κ2) is 9.16. The first-order valence-corrected chi connectivity index (χ1v) is 9.73. The van der Waals surface area contributed by atoms with Crippen LogP contribution in [0.15, 0.2) is 73.1 Å². The summed E-state index contributed by atoms with van der Waals surface area (Å²) >= 11 is 0. The van der Waals surface area contributed by atoms with E-state index < -0.39 is 21.4 Å². The number of nitro groups is 2. The Hall–Kier alpha value is -5.13. The molecule has 0 unspecified atom stereocenters. The van der Waals surface area contributed by atoms with E-state index >= 15 is 0 Å². The van der Waals surface area contributed by atoms with Gasteiger partial charge >= 0.3 is 0 Å². The maximum absolute atomic E-state index is 13.4. The van der Waals surface area contributed by atoms with E-state index in [0.717, 1.165) is 34.8 Å². The van der Waals surface area contributed by atoms with Crippen LogP contribution in [0.2, 0.25) is 0 Å². The molecular weight excluding hydrogens is 447 g/mol. The van der Waals surface area contributed by atoms with Gasteiger partial charge in [-0.25, -0.2) is 4.39 Å². The third kappa shape index (κ3) is 4.41. The molecule has 0 aliphatic rings. The number of rotatable bonds is 5. The van der Waals surface area contributed by atoms with Crippen molar-refractivity contribution in [3.05, 3.63) is 110 Å². The standard InChI is InChI=1S/C11H7FN2O3.C11H8N4O2/c12-9-4-3-7(14(16)17)6-8(9)11(15)10-2-1-5-13-10;16-15(17)7-3-4-9-8(6-7)11(14-13-9)10-2-1-5-12-10/h1-6,13H;1-6,12H,(H,13,14). The Balaban J connectivity index is 0.000000161. The second-order valence-electron chi connectivity index (χ2n) is 6.98. The number of aromatic nitrogens is 4. The van der Waals surface area contributed by atoms with Crippen LogP contribution in [-0.2, 0) is 0 Å². The molecule has 0 saturated heterocycles. The maximum atomic E-state index is 13.4. The Morgan fingerprint density at radius 1 is 0.882 bits per heavy atom. The second-order valence-corrected chi connectivity index (χ2v) is 6.98. The molecule has 3 aromatic heterocycles. The van der Waals surface area contributed by atoms with Gasteiger partial charge in [-0.05, 0) is 36.4 Å². The molecule has 12 heteroatoms. The monoisotopic (exact) mass is 462 g/mol. The zero-order valence-corrected chi connectivity index (χ0v) is 17.2. The van der Waals surface area contributed by atoms with Crippen LogP contribution in [0.5, 0.6) is 0 Å². The molecule has 11 nitrogen and oxygen atoms in total. The van der Waals surface area contributed by atoms with Gasteiger partial charge in [0.25, 0.3) is 11.4 Å². The topological polar surface area (TPSA) is 164 Å². The minimum atomic E-state index is -0.782. The van der Waals surface area contributed by atoms with E-state index in [9.17, 15) is 29.4 Å². The van der Waals surface area contributed by atoms with E-state index in [0.29, 0.717) is 5.69 Å². The summed E-state index contributed by atoms with van der Waals surface area (Å²) in [5.74, 6) is -1.40. The molecule has 5 aromatic rings. The number of nitrogens with zero attached hydrogens (tertiary/aromatic N) is 3. The normalized spacial score (nSPS) is 10.5. The minimum absolute atomic E-state index is 0.0618. The van der Waals surface area contributed by atoms with Gasteiger partial charge in [-0.2, -0.15) is 5.10 Å². The molecule has 0 saturated carbocycles. The van der Waals surface area contributed by atoms with Crippen molar-refractivity contribution >= 4 is 28.1 Å². The SMILES string of the molecule is O=C(c1ccc[nH]1)c1cc([N+](=O)[O-])ccc1F.O=[N+]([O-])c1ccc2[nH]nc(-c3ccc[nH]3)c2c1. The molecule has 0 aliphatic heterocycles. The lowest BCUT2D eigenvalue weighted by Crippen LogP contribution is -2.05. The fourth-order valence-electron chi connectivity index (χ4n) is 3.22. The molecule has 170 valence electrons. The Kier molecular flexibility index (Phi) is 5.95. The predicted molar refractivity (Wildman–Crippen MR) is 120 cm³/mol. The summed E-state index contributed by atoms with van der Waals surface area (Å²) in [6.45, 7) is 0. The number of non-ortho nitro benzene ring substituents is 2. The summed E-state index contributed by atoms with van der Waals surface area (Å²) in [6.07, 6.45) is 3.30. The van der Waals surface area contributed by atoms with Crippen LogP contribution in [0.1, 0.15) is 16.1 Å². The van der Waals surface area contributed by atoms with E-state index in [-0.39, 0.29) is 22.6 Å². The van der Waals surface area contributed by atoms with Gasteiger partial charge in [0.15, 0.2) is 0 Å². The fourth-order valence-corrected chi connectivity index (χ4v) is 3.22. The molecule has 3 heterocycles. The van der Waals surface area contributed by atoms with Crippen molar-refractivity contribution in [3.63, 3.8) is 0 Å². The van der Waals surface area contributed by atoms with Gasteiger partial charge in [-0.3, -0.25) is 30.1 Å². The lowest BCUT2D eigenvalue weighted by Gasteiger charge is -2.00. The van der Waals surface area contributed by atoms with Crippen LogP contribution in [0, 0.1) is 26.0 Å². The fraction of sp³-hybridized carbons (Fsp3) is 0. The Labute approximate surface area is 189 Å². The Morgan fingerprint density at radius 2 is 1.56 bits per heavy atom. The molecule has 0 spiro atoms. The molecule has 0 aliphatic carbocycles. The predicted octanol–water partition coefficient (Wildman–Crippen LogP) is 4.76. The largest absolute Gasteiger partial charge is 0.360 e. The molecule has 0 radical (unpaired) electrons. The van der Waals surface area contributed by atoms with Crippen LogP contribution in [0.3, 0.4) is 0 Å². The highest BCUT2D eigenvalue weighted by Crippen LogP contribution is 2.28. The number of nitrogens with one attached hydrogen (secondary N) is 3. The number of ketones is 1. The van der Waals surface area contributed by atoms with E-state index in [1.54, 1.807) is 18.3 Å². The zero-order valence-electron chi connectivity index (χ0n) is 17.2. The number of benzene rings is 2. The molecule has 2 aromatic carbocycles. The first kappa shape index (κ1) is 22.1. The van der Waals surface area contributed by atoms with Gasteiger partial charge in [0.05, 0.1) is 32.3 Å². The summed E-state index contributed by atoms with van der Waals surface area (Å²) < 4.78 is 13.4. The van der Waals surface area contributed by atoms with Gasteiger partial charge in [-0.1, -0.05) is 0 Å². The zero-order chi connectivity index (χ0) is 24.2. The van der Waals surface area contributed by atoms with Crippen LogP contribution in [-0.4, -0.2) is 35.8 Å². The van der Waals surface area contributed by atoms with Gasteiger partial charge in [0.2, 0.25) is 5.78 Å². The van der Waals surface area contributed by atoms with Crippen molar-refractivity contribution in [1.82, 2.24) is 20.2 Å². The summed E-state index contributed by atoms with van der Waals surface area (Å²) in [4.78, 5) is 37.6. The number of nitro benzene ring substituents is 2. The highest BCUT2D eigenvalue weighted by atomic mass is 19.1. The number of carbonyl (C=O) groups excluding carboxylic acids is 1. The van der Waals surface area contributed by atoms with Gasteiger partial charge < -0.3 is 9.97 Å². The number of hydrogen-bond acceptors (Lipinski definition) is 6. The van der Waals surface area contributed by atoms with Crippen molar-refractivity contribution in [1.29, 1.82) is 0 Å². The van der Waals surface area contributed by atoms with Crippen molar-refractivity contribution < 1.29 is 19.0 Å². The summed E-state index contributed by atoms with van der Waals surface area (Å²) in [6, 6.07) is 14.3. The molecule has 0 atom stereocenters. The van der Waals surface area contributed by atoms with Crippen LogP contribution in [0.25, 0.3) is 22.3 Å². The van der Waals surface area contributed by atoms with Gasteiger partial charge in [-0.15, -0.1) is 0 Å². The van der Waals surface area contributed by atoms with E-state index in [1.165, 1.54) is 24.4 Å². The first-order valence-electron chi connectivity index (χ1n) is 9.73. The van der Waals surface area contributed by atoms with Crippen LogP contribution < -0.4 is 0 Å². The molecule has 0 amide bonds. The van der Waals surface area contributed by atoms with E-state index in [1.807, 2.05) is 12.1 Å². The quantitative estimate of drug-likeness (QED) is 0.194. The smallest absolute Gasteiger partial charge is 0.270 e. The Morgan fingerprint density at radius 3 is 2.21 bits per heavy atom. The van der Waals surface area contributed by atoms with Gasteiger partial charge in [0, 0.05) is 42.0 Å². The van der Waals surface area contributed by atoms with Gasteiger partial charge in [0.1, 0.15) is 11.5 Å². The van der Waals surface area contributed by atoms with Crippen molar-refractivity contribution in [2.45, 2.75) is 0 Å². The first-order chi connectivity index (χ1) is 16.3. The van der Waals surface area contributed by atoms with Crippen LogP contribution in [0.4, 0.5) is 15.8 Å². The average molecular weight is 462 g/mol. The molecule has 3 N–H and O–H groups in total. The molecular formula is C22H15FN6O5. The van der Waals surface area contributed by atoms with Crippen molar-refractivity contribution in [2.24, 2.45) is 0 Å². The van der Waals surface area contributed by atoms with E-state index in [2.05, 4.69) is 20.2 Å². The number of halogens is 1.